The van der Waals surface area contributed by atoms with Gasteiger partial charge in [-0.2, -0.15) is 0 Å². The van der Waals surface area contributed by atoms with Crippen LogP contribution in [0, 0.1) is 30.6 Å². The SMILES string of the molecule is CO[C@H]1/C=C/O[C@@]2(C)Oc3c(C)c(O)c4c(O)c(c5c(c4c3C2=O)Nc2ccc(N(C)C)cc2O5)NC(=O)/C(C)=C\C=C\[C@H](C)[C@H](O)[C@@H](C)[C@@H](O)[C@@H](C)[C@H](OC(C)=O)[C@@H]1C. The minimum absolute atomic E-state index is 0.00542. The number of esters is 1. The number of nitrogens with zero attached hydrogens (tertiary/aromatic N) is 1. The van der Waals surface area contributed by atoms with Gasteiger partial charge in [-0.25, -0.2) is 0 Å². The fraction of sp³-hybridized carbons (Fsp3) is 0.444. The molecule has 0 unspecified atom stereocenters. The normalized spacial score (nSPS) is 30.1. The number of methoxy groups -OCH3 is 1. The topological polar surface area (TPSA) is 206 Å². The Morgan fingerprint density at radius 2 is 1.60 bits per heavy atom. The molecule has 3 aliphatic heterocycles. The molecule has 6 N–H and O–H groups in total. The highest BCUT2D eigenvalue weighted by atomic mass is 16.7. The molecule has 0 saturated heterocycles. The Hall–Kier alpha value is -5.77. The first-order chi connectivity index (χ1) is 28.2. The molecule has 0 radical (unpaired) electrons. The maximum absolute atomic E-state index is 14.7. The van der Waals surface area contributed by atoms with E-state index in [4.69, 9.17) is 23.7 Å². The van der Waals surface area contributed by atoms with E-state index in [1.165, 1.54) is 46.3 Å². The van der Waals surface area contributed by atoms with Crippen LogP contribution < -0.4 is 25.0 Å². The maximum Gasteiger partial charge on any atom is 0.312 e. The number of allylic oxidation sites excluding steroid dienone is 2. The zero-order chi connectivity index (χ0) is 44.1. The second-order valence-electron chi connectivity index (χ2n) is 16.4. The Bertz CT molecular complexity index is 2320. The molecular weight excluding hydrogens is 775 g/mol. The molecule has 3 aromatic carbocycles. The number of nitrogens with one attached hydrogen (secondary N) is 2. The van der Waals surface area contributed by atoms with Crippen LogP contribution >= 0.6 is 0 Å². The van der Waals surface area contributed by atoms with Crippen LogP contribution in [0.3, 0.4) is 0 Å². The molecule has 9 atom stereocenters. The number of fused-ring (bicyclic) bond motifs is 2. The van der Waals surface area contributed by atoms with Crippen LogP contribution in [-0.2, 0) is 23.8 Å². The second kappa shape index (κ2) is 16.7. The van der Waals surface area contributed by atoms with Gasteiger partial charge in [-0.05, 0) is 32.1 Å². The largest absolute Gasteiger partial charge is 0.507 e. The van der Waals surface area contributed by atoms with E-state index in [0.717, 1.165) is 5.69 Å². The van der Waals surface area contributed by atoms with E-state index in [1.54, 1.807) is 58.9 Å². The van der Waals surface area contributed by atoms with E-state index in [-0.39, 0.29) is 50.3 Å². The lowest BCUT2D eigenvalue weighted by Gasteiger charge is -2.38. The molecule has 1 amide bonds. The molecule has 0 spiro atoms. The van der Waals surface area contributed by atoms with Crippen molar-refractivity contribution in [2.45, 2.75) is 85.6 Å². The van der Waals surface area contributed by atoms with Crippen LogP contribution in [0.2, 0.25) is 0 Å². The monoisotopic (exact) mass is 829 g/mol. The first kappa shape index (κ1) is 43.8. The summed E-state index contributed by atoms with van der Waals surface area (Å²) in [6.07, 6.45) is 3.78. The van der Waals surface area contributed by atoms with Crippen molar-refractivity contribution in [1.82, 2.24) is 0 Å². The first-order valence-corrected chi connectivity index (χ1v) is 19.9. The van der Waals surface area contributed by atoms with Gasteiger partial charge in [-0.15, -0.1) is 0 Å². The minimum Gasteiger partial charge on any atom is -0.507 e. The molecule has 3 heterocycles. The Morgan fingerprint density at radius 1 is 0.900 bits per heavy atom. The van der Waals surface area contributed by atoms with Crippen molar-refractivity contribution in [2.24, 2.45) is 23.7 Å². The number of rotatable bonds is 3. The molecule has 15 heteroatoms. The molecule has 0 saturated carbocycles. The first-order valence-electron chi connectivity index (χ1n) is 19.9. The predicted octanol–water partition coefficient (Wildman–Crippen LogP) is 6.96. The lowest BCUT2D eigenvalue weighted by Crippen LogP contribution is -2.46. The van der Waals surface area contributed by atoms with Crippen LogP contribution in [0.1, 0.15) is 64.4 Å². The fourth-order valence-corrected chi connectivity index (χ4v) is 8.16. The molecule has 0 fully saturated rings. The minimum atomic E-state index is -1.99. The van der Waals surface area contributed by atoms with Crippen LogP contribution in [0.4, 0.5) is 22.7 Å². The lowest BCUT2D eigenvalue weighted by molar-refractivity contribution is -0.160. The van der Waals surface area contributed by atoms with Gasteiger partial charge in [0.1, 0.15) is 23.3 Å². The molecule has 322 valence electrons. The zero-order valence-corrected chi connectivity index (χ0v) is 35.7. The fourth-order valence-electron chi connectivity index (χ4n) is 8.16. The highest BCUT2D eigenvalue weighted by Gasteiger charge is 2.50. The summed E-state index contributed by atoms with van der Waals surface area (Å²) < 4.78 is 30.3. The summed E-state index contributed by atoms with van der Waals surface area (Å²) in [6, 6.07) is 5.42. The molecule has 4 bridgehead atoms. The van der Waals surface area contributed by atoms with E-state index in [2.05, 4.69) is 10.6 Å². The Morgan fingerprint density at radius 3 is 2.25 bits per heavy atom. The summed E-state index contributed by atoms with van der Waals surface area (Å²) >= 11 is 0. The van der Waals surface area contributed by atoms with Gasteiger partial charge < -0.3 is 59.6 Å². The average Bonchev–Trinajstić information content (AvgIpc) is 3.47. The zero-order valence-electron chi connectivity index (χ0n) is 35.7. The summed E-state index contributed by atoms with van der Waals surface area (Å²) in [5.74, 6) is -6.90. The van der Waals surface area contributed by atoms with Crippen LogP contribution in [-0.4, -0.2) is 89.5 Å². The van der Waals surface area contributed by atoms with Crippen molar-refractivity contribution in [3.8, 4) is 28.7 Å². The molecular formula is C45H55N3O12. The van der Waals surface area contributed by atoms with Crippen molar-refractivity contribution < 1.29 is 58.5 Å². The van der Waals surface area contributed by atoms with Crippen LogP contribution in [0.15, 0.2) is 54.3 Å². The lowest BCUT2D eigenvalue weighted by atomic mass is 9.78. The molecule has 6 rings (SSSR count). The van der Waals surface area contributed by atoms with Gasteiger partial charge >= 0.3 is 11.8 Å². The number of ether oxygens (including phenoxy) is 5. The molecule has 0 aromatic heterocycles. The van der Waals surface area contributed by atoms with Gasteiger partial charge in [-0.3, -0.25) is 14.4 Å². The number of aromatic hydroxyl groups is 2. The standard InChI is InChI=1S/C45H55N3O12/c1-20-13-12-14-21(2)44(55)47-35-39(53)32-31(34-42(35)59-30-19-27(48(9)10)15-16-28(30)46-34)33-41(25(6)38(32)52)60-45(8,43(33)54)57-18-17-29(56-11)22(3)40(58-26(7)49)24(5)37(51)23(4)36(20)50/h12-20,22-24,29,36-37,40,46,50-53H,1-11H3,(H,47,55)/b13-12+,18-17+,21-14-/t20-,22+,23+,24+,29-,36-,37+,40+,45-/m0/s1. The number of phenolic OH excluding ortho intramolecular Hbond substituents is 2. The molecule has 3 aliphatic rings. The van der Waals surface area contributed by atoms with Gasteiger partial charge in [0.2, 0.25) is 0 Å². The quantitative estimate of drug-likeness (QED) is 0.0702. The molecule has 0 aliphatic carbocycles. The summed E-state index contributed by atoms with van der Waals surface area (Å²) in [5, 5.41) is 52.8. The number of carbonyl (C=O) groups is 3. The molecule has 3 aromatic rings. The Balaban J connectivity index is 1.55. The van der Waals surface area contributed by atoms with E-state index in [0.29, 0.717) is 11.4 Å². The average molecular weight is 830 g/mol. The number of carbonyl (C=O) groups excluding carboxylic acids is 3. The van der Waals surface area contributed by atoms with E-state index in [9.17, 15) is 34.8 Å². The summed E-state index contributed by atoms with van der Waals surface area (Å²) in [5.41, 5.74) is 1.63. The van der Waals surface area contributed by atoms with Crippen molar-refractivity contribution in [3.63, 3.8) is 0 Å². The summed E-state index contributed by atoms with van der Waals surface area (Å²) in [4.78, 5) is 42.8. The number of amides is 1. The van der Waals surface area contributed by atoms with Crippen LogP contribution in [0.5, 0.6) is 28.7 Å². The number of anilines is 4. The van der Waals surface area contributed by atoms with Crippen molar-refractivity contribution in [2.75, 3.05) is 36.7 Å². The number of hydrogen-bond donors (Lipinski definition) is 6. The van der Waals surface area contributed by atoms with E-state index < -0.39 is 83.0 Å². The van der Waals surface area contributed by atoms with Gasteiger partial charge in [0, 0.05) is 87.0 Å². The van der Waals surface area contributed by atoms with Crippen molar-refractivity contribution >= 4 is 51.2 Å². The van der Waals surface area contributed by atoms with Crippen molar-refractivity contribution in [3.05, 3.63) is 65.5 Å². The van der Waals surface area contributed by atoms with Gasteiger partial charge in [0.15, 0.2) is 17.2 Å². The number of phenols is 2. The highest BCUT2D eigenvalue weighted by molar-refractivity contribution is 6.25. The number of benzene rings is 3. The summed E-state index contributed by atoms with van der Waals surface area (Å²) in [7, 11) is 5.19. The third kappa shape index (κ3) is 7.72. The van der Waals surface area contributed by atoms with Gasteiger partial charge in [0.25, 0.3) is 11.7 Å². The highest BCUT2D eigenvalue weighted by Crippen LogP contribution is 2.60. The van der Waals surface area contributed by atoms with Crippen molar-refractivity contribution in [1.29, 1.82) is 0 Å². The van der Waals surface area contributed by atoms with E-state index in [1.807, 2.05) is 25.1 Å². The Kier molecular flexibility index (Phi) is 12.2. The predicted molar refractivity (Wildman–Crippen MR) is 226 cm³/mol. The number of aliphatic hydroxyl groups is 2. The van der Waals surface area contributed by atoms with E-state index >= 15 is 0 Å². The number of hydrogen-bond acceptors (Lipinski definition) is 14. The van der Waals surface area contributed by atoms with Gasteiger partial charge in [-0.1, -0.05) is 45.9 Å². The Labute approximate surface area is 349 Å². The second-order valence-corrected chi connectivity index (χ2v) is 16.4. The third-order valence-corrected chi connectivity index (χ3v) is 11.9. The van der Waals surface area contributed by atoms with Gasteiger partial charge in [0.05, 0.1) is 46.9 Å². The number of Topliss-reactive ketones (excluding diaryl/α,β-unsaturated/α-hetero) is 1. The third-order valence-electron chi connectivity index (χ3n) is 11.9. The van der Waals surface area contributed by atoms with Crippen LogP contribution in [0.25, 0.3) is 10.8 Å². The maximum atomic E-state index is 14.7. The molecule has 15 nitrogen and oxygen atoms in total. The summed E-state index contributed by atoms with van der Waals surface area (Å²) in [6.45, 7) is 12.7. The number of aliphatic hydroxyl groups excluding tert-OH is 2. The number of ketones is 1. The smallest absolute Gasteiger partial charge is 0.312 e. The molecule has 60 heavy (non-hydrogen) atoms.